The summed E-state index contributed by atoms with van der Waals surface area (Å²) >= 11 is 0. The molecule has 0 aliphatic heterocycles. The molecule has 0 bridgehead atoms. The number of pyridine rings is 1. The van der Waals surface area contributed by atoms with Crippen molar-refractivity contribution < 1.29 is 4.79 Å². The lowest BCUT2D eigenvalue weighted by Gasteiger charge is -2.27. The van der Waals surface area contributed by atoms with Crippen LogP contribution in [0.3, 0.4) is 0 Å². The Labute approximate surface area is 133 Å². The van der Waals surface area contributed by atoms with Gasteiger partial charge in [0.25, 0.3) is 11.5 Å². The molecular weight excluding hydrogens is 292 g/mol. The van der Waals surface area contributed by atoms with Crippen LogP contribution in [-0.2, 0) is 19.4 Å². The molecule has 0 spiro atoms. The van der Waals surface area contributed by atoms with Crippen molar-refractivity contribution >= 4 is 5.91 Å². The van der Waals surface area contributed by atoms with Gasteiger partial charge < -0.3 is 9.88 Å². The van der Waals surface area contributed by atoms with Crippen LogP contribution in [0, 0.1) is 5.92 Å². The van der Waals surface area contributed by atoms with Crippen molar-refractivity contribution in [1.29, 1.82) is 0 Å². The molecule has 2 aliphatic rings. The molecule has 0 unspecified atom stereocenters. The normalized spacial score (nSPS) is 20.1. The Morgan fingerprint density at radius 2 is 2.17 bits per heavy atom. The van der Waals surface area contributed by atoms with Gasteiger partial charge in [0.15, 0.2) is 0 Å². The van der Waals surface area contributed by atoms with Crippen LogP contribution >= 0.6 is 0 Å². The Kier molecular flexibility index (Phi) is 3.52. The highest BCUT2D eigenvalue weighted by molar-refractivity contribution is 5.92. The summed E-state index contributed by atoms with van der Waals surface area (Å²) in [6.45, 7) is 0.854. The van der Waals surface area contributed by atoms with Gasteiger partial charge in [0.05, 0.1) is 0 Å². The van der Waals surface area contributed by atoms with Crippen molar-refractivity contribution in [3.63, 3.8) is 0 Å². The van der Waals surface area contributed by atoms with E-state index < -0.39 is 0 Å². The maximum atomic E-state index is 12.2. The molecule has 2 aliphatic carbocycles. The van der Waals surface area contributed by atoms with Gasteiger partial charge in [-0.15, -0.1) is 0 Å². The smallest absolute Gasteiger partial charge is 0.269 e. The highest BCUT2D eigenvalue weighted by atomic mass is 16.2. The number of carbonyl (C=O) groups excluding carboxylic acids is 1. The summed E-state index contributed by atoms with van der Waals surface area (Å²) in [5, 5.41) is 9.54. The zero-order valence-corrected chi connectivity index (χ0v) is 12.9. The van der Waals surface area contributed by atoms with Crippen LogP contribution in [0.15, 0.2) is 29.2 Å². The van der Waals surface area contributed by atoms with E-state index in [1.54, 1.807) is 18.3 Å². The molecule has 2 N–H and O–H groups in total. The first-order valence-electron chi connectivity index (χ1n) is 8.22. The molecule has 6 heteroatoms. The maximum Gasteiger partial charge on any atom is 0.269 e. The average Bonchev–Trinajstić information content (AvgIpc) is 3.19. The number of aromatic nitrogens is 3. The second kappa shape index (κ2) is 5.68. The Hall–Kier alpha value is -2.37. The highest BCUT2D eigenvalue weighted by Gasteiger charge is 2.27. The lowest BCUT2D eigenvalue weighted by Crippen LogP contribution is -2.40. The van der Waals surface area contributed by atoms with Gasteiger partial charge in [-0.2, -0.15) is 5.10 Å². The van der Waals surface area contributed by atoms with E-state index in [9.17, 15) is 9.59 Å². The van der Waals surface area contributed by atoms with E-state index in [1.807, 2.05) is 10.6 Å². The maximum absolute atomic E-state index is 12.2. The number of fused-ring (bicyclic) bond motifs is 1. The van der Waals surface area contributed by atoms with E-state index in [0.717, 1.165) is 31.5 Å². The van der Waals surface area contributed by atoms with Gasteiger partial charge in [0.2, 0.25) is 0 Å². The van der Waals surface area contributed by atoms with Gasteiger partial charge in [0.1, 0.15) is 5.69 Å². The molecule has 1 saturated carbocycles. The fraction of sp³-hybridized carbons (Fsp3) is 0.471. The second-order valence-electron chi connectivity index (χ2n) is 6.58. The molecule has 1 atom stereocenters. The zero-order chi connectivity index (χ0) is 15.8. The minimum atomic E-state index is -0.123. The Balaban J connectivity index is 1.51. The van der Waals surface area contributed by atoms with Gasteiger partial charge in [-0.05, 0) is 49.7 Å². The van der Waals surface area contributed by atoms with Gasteiger partial charge in [-0.1, -0.05) is 6.07 Å². The number of nitrogens with one attached hydrogen (secondary N) is 2. The fourth-order valence-electron chi connectivity index (χ4n) is 3.35. The van der Waals surface area contributed by atoms with Crippen LogP contribution in [0.2, 0.25) is 0 Å². The van der Waals surface area contributed by atoms with Crippen LogP contribution < -0.4 is 10.9 Å². The average molecular weight is 312 g/mol. The third-order valence-corrected chi connectivity index (χ3v) is 4.80. The molecule has 0 aromatic carbocycles. The second-order valence-corrected chi connectivity index (χ2v) is 6.58. The van der Waals surface area contributed by atoms with Crippen molar-refractivity contribution in [3.8, 4) is 0 Å². The predicted molar refractivity (Wildman–Crippen MR) is 85.3 cm³/mol. The molecule has 1 amide bonds. The largest absolute Gasteiger partial charge is 0.348 e. The van der Waals surface area contributed by atoms with E-state index in [-0.39, 0.29) is 17.5 Å². The summed E-state index contributed by atoms with van der Waals surface area (Å²) < 4.78 is 1.96. The number of hydrogen-bond donors (Lipinski definition) is 2. The number of hydrogen-bond acceptors (Lipinski definition) is 3. The molecule has 1 fully saturated rings. The Morgan fingerprint density at radius 3 is 2.91 bits per heavy atom. The van der Waals surface area contributed by atoms with Crippen molar-refractivity contribution in [2.45, 2.75) is 44.7 Å². The Morgan fingerprint density at radius 1 is 1.30 bits per heavy atom. The van der Waals surface area contributed by atoms with Gasteiger partial charge >= 0.3 is 0 Å². The number of carbonyl (C=O) groups is 1. The van der Waals surface area contributed by atoms with Crippen LogP contribution in [-0.4, -0.2) is 26.7 Å². The topological polar surface area (TPSA) is 79.8 Å². The molecule has 6 nitrogen and oxygen atoms in total. The monoisotopic (exact) mass is 312 g/mol. The SMILES string of the molecule is O=C(N[C@H]1CCc2c(ccc(=O)n2CC2CC2)C1)c1ccn[nH]1. The summed E-state index contributed by atoms with van der Waals surface area (Å²) in [5.74, 6) is 0.555. The minimum absolute atomic E-state index is 0.102. The van der Waals surface area contributed by atoms with Crippen molar-refractivity contribution in [1.82, 2.24) is 20.1 Å². The van der Waals surface area contributed by atoms with Gasteiger partial charge in [-0.3, -0.25) is 14.7 Å². The first-order chi connectivity index (χ1) is 11.2. The van der Waals surface area contributed by atoms with E-state index in [1.165, 1.54) is 18.4 Å². The van der Waals surface area contributed by atoms with Crippen LogP contribution in [0.4, 0.5) is 0 Å². The molecule has 2 heterocycles. The number of aromatic amines is 1. The molecule has 120 valence electrons. The molecule has 0 saturated heterocycles. The number of nitrogens with zero attached hydrogens (tertiary/aromatic N) is 2. The lowest BCUT2D eigenvalue weighted by molar-refractivity contribution is 0.0928. The Bertz CT molecular complexity index is 774. The number of amides is 1. The van der Waals surface area contributed by atoms with E-state index in [4.69, 9.17) is 0 Å². The summed E-state index contributed by atoms with van der Waals surface area (Å²) in [7, 11) is 0. The summed E-state index contributed by atoms with van der Waals surface area (Å²) in [6.07, 6.45) is 6.52. The molecule has 4 rings (SSSR count). The standard InChI is InChI=1S/C17H20N4O2/c22-16-6-3-12-9-13(19-17(23)14-7-8-18-20-14)4-5-15(12)21(16)10-11-1-2-11/h3,6-8,11,13H,1-2,4-5,9-10H2,(H,18,20)(H,19,23)/t13-/m0/s1. The minimum Gasteiger partial charge on any atom is -0.348 e. The van der Waals surface area contributed by atoms with Gasteiger partial charge in [-0.25, -0.2) is 0 Å². The molecule has 23 heavy (non-hydrogen) atoms. The zero-order valence-electron chi connectivity index (χ0n) is 12.9. The van der Waals surface area contributed by atoms with Crippen molar-refractivity contribution in [2.75, 3.05) is 0 Å². The number of H-pyrrole nitrogens is 1. The third-order valence-electron chi connectivity index (χ3n) is 4.80. The lowest BCUT2D eigenvalue weighted by atomic mass is 9.91. The molecular formula is C17H20N4O2. The van der Waals surface area contributed by atoms with Crippen LogP contribution in [0.1, 0.15) is 41.0 Å². The molecule has 2 aromatic heterocycles. The van der Waals surface area contributed by atoms with Crippen LogP contribution in [0.25, 0.3) is 0 Å². The first kappa shape index (κ1) is 14.2. The quantitative estimate of drug-likeness (QED) is 0.892. The third kappa shape index (κ3) is 2.93. The summed E-state index contributed by atoms with van der Waals surface area (Å²) in [5.41, 5.74) is 2.94. The van der Waals surface area contributed by atoms with E-state index in [2.05, 4.69) is 15.5 Å². The summed E-state index contributed by atoms with van der Waals surface area (Å²) in [4.78, 5) is 24.3. The highest BCUT2D eigenvalue weighted by Crippen LogP contribution is 2.31. The van der Waals surface area contributed by atoms with Crippen molar-refractivity contribution in [2.24, 2.45) is 5.92 Å². The fourth-order valence-corrected chi connectivity index (χ4v) is 3.35. The molecule has 0 radical (unpaired) electrons. The molecule has 2 aromatic rings. The van der Waals surface area contributed by atoms with Crippen molar-refractivity contribution in [3.05, 3.63) is 51.7 Å². The van der Waals surface area contributed by atoms with Gasteiger partial charge in [0, 0.05) is 30.5 Å². The number of rotatable bonds is 4. The predicted octanol–water partition coefficient (Wildman–Crippen LogP) is 1.27. The summed E-state index contributed by atoms with van der Waals surface area (Å²) in [6, 6.07) is 5.36. The van der Waals surface area contributed by atoms with E-state index in [0.29, 0.717) is 11.6 Å². The first-order valence-corrected chi connectivity index (χ1v) is 8.22. The van der Waals surface area contributed by atoms with E-state index >= 15 is 0 Å². The van der Waals surface area contributed by atoms with Crippen LogP contribution in [0.5, 0.6) is 0 Å².